The third-order valence-electron chi connectivity index (χ3n) is 5.11. The zero-order valence-corrected chi connectivity index (χ0v) is 18.9. The van der Waals surface area contributed by atoms with E-state index in [0.717, 1.165) is 11.3 Å². The van der Waals surface area contributed by atoms with Crippen molar-refractivity contribution in [3.63, 3.8) is 0 Å². The first-order valence-corrected chi connectivity index (χ1v) is 12.0. The molecule has 1 aromatic carbocycles. The molecule has 3 N–H and O–H groups in total. The van der Waals surface area contributed by atoms with Gasteiger partial charge < -0.3 is 19.7 Å². The monoisotopic (exact) mass is 467 g/mol. The van der Waals surface area contributed by atoms with Crippen LogP contribution in [0.1, 0.15) is 28.1 Å². The molecule has 2 heterocycles. The number of amides is 2. The van der Waals surface area contributed by atoms with Gasteiger partial charge in [-0.15, -0.1) is 11.3 Å². The normalized spacial score (nSPS) is 14.9. The van der Waals surface area contributed by atoms with Crippen LogP contribution in [0.25, 0.3) is 0 Å². The standard InChI is InChI=1S/C20H25N3O6S2/c1-28-15-9-14(10-16(11-15)29-2)20(25)23-7-5-13(6-8-23)19(24)22-12-17-3-4-18(30-17)31(21,26)27/h3-4,9-11,13H,5-8,12H2,1-2H3,(H,22,24)(H2,21,26,27). The Balaban J connectivity index is 1.53. The fourth-order valence-corrected chi connectivity index (χ4v) is 5.10. The minimum absolute atomic E-state index is 0.0674. The third kappa shape index (κ3) is 5.75. The van der Waals surface area contributed by atoms with Crippen molar-refractivity contribution in [2.75, 3.05) is 27.3 Å². The van der Waals surface area contributed by atoms with Gasteiger partial charge in [-0.1, -0.05) is 0 Å². The summed E-state index contributed by atoms with van der Waals surface area (Å²) in [6.07, 6.45) is 1.09. The molecule has 1 saturated heterocycles. The molecule has 0 unspecified atom stereocenters. The minimum Gasteiger partial charge on any atom is -0.497 e. The van der Waals surface area contributed by atoms with Gasteiger partial charge in [-0.25, -0.2) is 13.6 Å². The molecule has 168 valence electrons. The van der Waals surface area contributed by atoms with E-state index in [2.05, 4.69) is 5.32 Å². The molecule has 0 spiro atoms. The van der Waals surface area contributed by atoms with Crippen LogP contribution >= 0.6 is 11.3 Å². The van der Waals surface area contributed by atoms with Crippen LogP contribution in [0.4, 0.5) is 0 Å². The van der Waals surface area contributed by atoms with E-state index in [9.17, 15) is 18.0 Å². The van der Waals surface area contributed by atoms with Gasteiger partial charge in [0.05, 0.1) is 20.8 Å². The highest BCUT2D eigenvalue weighted by atomic mass is 32.2. The summed E-state index contributed by atoms with van der Waals surface area (Å²) in [6.45, 7) is 1.16. The zero-order valence-electron chi connectivity index (χ0n) is 17.3. The van der Waals surface area contributed by atoms with E-state index in [1.165, 1.54) is 20.3 Å². The molecule has 2 amide bonds. The van der Waals surface area contributed by atoms with Crippen molar-refractivity contribution in [2.24, 2.45) is 11.1 Å². The number of likely N-dealkylation sites (tertiary alicyclic amines) is 1. The summed E-state index contributed by atoms with van der Waals surface area (Å²) < 4.78 is 33.2. The van der Waals surface area contributed by atoms with E-state index in [4.69, 9.17) is 14.6 Å². The lowest BCUT2D eigenvalue weighted by molar-refractivity contribution is -0.126. The van der Waals surface area contributed by atoms with Crippen molar-refractivity contribution in [2.45, 2.75) is 23.6 Å². The summed E-state index contributed by atoms with van der Waals surface area (Å²) in [5.41, 5.74) is 0.474. The number of methoxy groups -OCH3 is 2. The number of ether oxygens (including phenoxy) is 2. The molecule has 1 fully saturated rings. The molecule has 9 nitrogen and oxygen atoms in total. The fourth-order valence-electron chi connectivity index (χ4n) is 3.38. The number of hydrogen-bond acceptors (Lipinski definition) is 7. The summed E-state index contributed by atoms with van der Waals surface area (Å²) >= 11 is 1.04. The van der Waals surface area contributed by atoms with Gasteiger partial charge in [-0.3, -0.25) is 9.59 Å². The maximum absolute atomic E-state index is 12.9. The second-order valence-electron chi connectivity index (χ2n) is 7.15. The van der Waals surface area contributed by atoms with Crippen LogP contribution in [0.2, 0.25) is 0 Å². The van der Waals surface area contributed by atoms with Gasteiger partial charge in [0.25, 0.3) is 5.91 Å². The molecular formula is C20H25N3O6S2. The zero-order chi connectivity index (χ0) is 22.6. The Bertz CT molecular complexity index is 1040. The summed E-state index contributed by atoms with van der Waals surface area (Å²) in [5.74, 6) is 0.625. The number of benzene rings is 1. The molecule has 11 heteroatoms. The number of nitrogens with zero attached hydrogens (tertiary/aromatic N) is 1. The Kier molecular flexibility index (Phi) is 7.19. The van der Waals surface area contributed by atoms with Crippen LogP contribution < -0.4 is 19.9 Å². The number of piperidine rings is 1. The van der Waals surface area contributed by atoms with Crippen LogP contribution in [0.3, 0.4) is 0 Å². The van der Waals surface area contributed by atoms with Crippen LogP contribution in [0.5, 0.6) is 11.5 Å². The van der Waals surface area contributed by atoms with Crippen LogP contribution in [-0.4, -0.2) is 52.4 Å². The van der Waals surface area contributed by atoms with E-state index in [0.29, 0.717) is 47.9 Å². The number of nitrogens with one attached hydrogen (secondary N) is 1. The number of carbonyl (C=O) groups excluding carboxylic acids is 2. The van der Waals surface area contributed by atoms with Crippen molar-refractivity contribution in [1.82, 2.24) is 10.2 Å². The van der Waals surface area contributed by atoms with E-state index in [1.54, 1.807) is 29.2 Å². The van der Waals surface area contributed by atoms with Gasteiger partial charge in [-0.2, -0.15) is 0 Å². The van der Waals surface area contributed by atoms with Gasteiger partial charge in [0.15, 0.2) is 0 Å². The molecular weight excluding hydrogens is 442 g/mol. The lowest BCUT2D eigenvalue weighted by Gasteiger charge is -2.31. The summed E-state index contributed by atoms with van der Waals surface area (Å²) in [6, 6.07) is 8.10. The van der Waals surface area contributed by atoms with Crippen LogP contribution in [0.15, 0.2) is 34.5 Å². The summed E-state index contributed by atoms with van der Waals surface area (Å²) in [5, 5.41) is 7.94. The first-order valence-electron chi connectivity index (χ1n) is 9.63. The SMILES string of the molecule is COc1cc(OC)cc(C(=O)N2CCC(C(=O)NCc3ccc(S(N)(=O)=O)s3)CC2)c1. The van der Waals surface area contributed by atoms with Crippen LogP contribution in [0, 0.1) is 5.92 Å². The number of carbonyl (C=O) groups is 2. The number of hydrogen-bond donors (Lipinski definition) is 2. The number of sulfonamides is 1. The second kappa shape index (κ2) is 9.67. The number of thiophene rings is 1. The molecule has 0 bridgehead atoms. The highest BCUT2D eigenvalue weighted by molar-refractivity contribution is 7.91. The van der Waals surface area contributed by atoms with Gasteiger partial charge >= 0.3 is 0 Å². The molecule has 1 aliphatic heterocycles. The van der Waals surface area contributed by atoms with Crippen molar-refractivity contribution >= 4 is 33.2 Å². The van der Waals surface area contributed by atoms with Gasteiger partial charge in [0, 0.05) is 35.5 Å². The molecule has 0 saturated carbocycles. The quantitative estimate of drug-likeness (QED) is 0.636. The van der Waals surface area contributed by atoms with E-state index >= 15 is 0 Å². The second-order valence-corrected chi connectivity index (χ2v) is 10.1. The Labute approximate surface area is 185 Å². The Hall–Kier alpha value is -2.63. The van der Waals surface area contributed by atoms with Crippen molar-refractivity contribution in [3.8, 4) is 11.5 Å². The maximum atomic E-state index is 12.9. The highest BCUT2D eigenvalue weighted by Gasteiger charge is 2.28. The maximum Gasteiger partial charge on any atom is 0.254 e. The summed E-state index contributed by atoms with van der Waals surface area (Å²) in [7, 11) is -0.681. The van der Waals surface area contributed by atoms with E-state index < -0.39 is 10.0 Å². The highest BCUT2D eigenvalue weighted by Crippen LogP contribution is 2.26. The average Bonchev–Trinajstić information content (AvgIpc) is 3.26. The molecule has 31 heavy (non-hydrogen) atoms. The molecule has 2 aromatic rings. The molecule has 1 aromatic heterocycles. The van der Waals surface area contributed by atoms with Crippen molar-refractivity contribution in [1.29, 1.82) is 0 Å². The van der Waals surface area contributed by atoms with Crippen molar-refractivity contribution < 1.29 is 27.5 Å². The third-order valence-corrected chi connectivity index (χ3v) is 7.63. The Morgan fingerprint density at radius 1 is 1.13 bits per heavy atom. The molecule has 0 aliphatic carbocycles. The Morgan fingerprint density at radius 2 is 1.74 bits per heavy atom. The smallest absolute Gasteiger partial charge is 0.254 e. The van der Waals surface area contributed by atoms with E-state index in [1.807, 2.05) is 0 Å². The van der Waals surface area contributed by atoms with Gasteiger partial charge in [0.2, 0.25) is 15.9 Å². The summed E-state index contributed by atoms with van der Waals surface area (Å²) in [4.78, 5) is 27.8. The Morgan fingerprint density at radius 3 is 2.26 bits per heavy atom. The van der Waals surface area contributed by atoms with Crippen LogP contribution in [-0.2, 0) is 21.4 Å². The van der Waals surface area contributed by atoms with E-state index in [-0.39, 0.29) is 28.5 Å². The fraction of sp³-hybridized carbons (Fsp3) is 0.400. The first kappa shape index (κ1) is 23.0. The average molecular weight is 468 g/mol. The van der Waals surface area contributed by atoms with Crippen molar-refractivity contribution in [3.05, 3.63) is 40.8 Å². The minimum atomic E-state index is -3.73. The number of primary sulfonamides is 1. The number of nitrogens with two attached hydrogens (primary N) is 1. The lowest BCUT2D eigenvalue weighted by atomic mass is 9.95. The topological polar surface area (TPSA) is 128 Å². The molecule has 0 atom stereocenters. The number of rotatable bonds is 7. The molecule has 0 radical (unpaired) electrons. The molecule has 3 rings (SSSR count). The molecule has 1 aliphatic rings. The predicted molar refractivity (Wildman–Crippen MR) is 116 cm³/mol. The largest absolute Gasteiger partial charge is 0.497 e. The lowest BCUT2D eigenvalue weighted by Crippen LogP contribution is -2.42. The van der Waals surface area contributed by atoms with Gasteiger partial charge in [0.1, 0.15) is 15.7 Å². The van der Waals surface area contributed by atoms with Gasteiger partial charge in [-0.05, 0) is 37.1 Å². The predicted octanol–water partition coefficient (Wildman–Crippen LogP) is 1.58. The first-order chi connectivity index (χ1) is 14.7.